The van der Waals surface area contributed by atoms with Gasteiger partial charge in [0.25, 0.3) is 5.91 Å². The van der Waals surface area contributed by atoms with Crippen LogP contribution in [0.25, 0.3) is 0 Å². The molecule has 1 heterocycles. The molecule has 0 aliphatic carbocycles. The first-order chi connectivity index (χ1) is 9.29. The van der Waals surface area contributed by atoms with Gasteiger partial charge in [-0.2, -0.15) is 0 Å². The lowest BCUT2D eigenvalue weighted by molar-refractivity contribution is 0.103. The number of nitrogens with zero attached hydrogens (tertiary/aromatic N) is 2. The van der Waals surface area contributed by atoms with Gasteiger partial charge in [0, 0.05) is 5.69 Å². The molecule has 0 radical (unpaired) electrons. The number of benzene rings is 1. The van der Waals surface area contributed by atoms with Crippen molar-refractivity contribution in [3.8, 4) is 0 Å². The van der Waals surface area contributed by atoms with Gasteiger partial charge >= 0.3 is 0 Å². The van der Waals surface area contributed by atoms with E-state index >= 15 is 0 Å². The van der Waals surface area contributed by atoms with Crippen molar-refractivity contribution < 1.29 is 4.79 Å². The third-order valence-electron chi connectivity index (χ3n) is 2.87. The number of aryl methyl sites for hydroxylation is 1. The Morgan fingerprint density at radius 1 is 1.26 bits per heavy atom. The summed E-state index contributed by atoms with van der Waals surface area (Å²) in [4.78, 5) is 12.3. The number of anilines is 1. The van der Waals surface area contributed by atoms with Crippen LogP contribution in [0.1, 0.15) is 41.4 Å². The second-order valence-corrected chi connectivity index (χ2v) is 5.18. The van der Waals surface area contributed by atoms with E-state index < -0.39 is 0 Å². The monoisotopic (exact) mass is 275 g/mol. The van der Waals surface area contributed by atoms with Gasteiger partial charge in [-0.25, -0.2) is 0 Å². The molecular weight excluding hydrogens is 258 g/mol. The fourth-order valence-corrected chi connectivity index (χ4v) is 2.20. The Kier molecular flexibility index (Phi) is 5.03. The van der Waals surface area contributed by atoms with Crippen LogP contribution in [-0.2, 0) is 6.42 Å². The van der Waals surface area contributed by atoms with Crippen molar-refractivity contribution in [3.05, 3.63) is 40.9 Å². The van der Waals surface area contributed by atoms with Gasteiger partial charge in [0.1, 0.15) is 4.88 Å². The van der Waals surface area contributed by atoms with Gasteiger partial charge in [-0.05, 0) is 42.1 Å². The molecule has 0 saturated carbocycles. The standard InChI is InChI=1S/C14H17N3OS/c1-2-3-4-5-11-6-8-12(9-7-11)16-14(18)13-10-15-17-19-13/h6-10H,2-5H2,1H3,(H,16,18). The van der Waals surface area contributed by atoms with Crippen LogP contribution in [-0.4, -0.2) is 15.5 Å². The third-order valence-corrected chi connectivity index (χ3v) is 3.53. The first-order valence-corrected chi connectivity index (χ1v) is 7.24. The average Bonchev–Trinajstić information content (AvgIpc) is 2.95. The van der Waals surface area contributed by atoms with Gasteiger partial charge in [0.05, 0.1) is 6.20 Å². The topological polar surface area (TPSA) is 54.9 Å². The number of amides is 1. The number of unbranched alkanes of at least 4 members (excludes halogenated alkanes) is 2. The van der Waals surface area contributed by atoms with Crippen molar-refractivity contribution in [2.75, 3.05) is 5.32 Å². The smallest absolute Gasteiger partial charge is 0.269 e. The molecule has 1 amide bonds. The molecule has 2 rings (SSSR count). The van der Waals surface area contributed by atoms with Crippen molar-refractivity contribution in [2.24, 2.45) is 0 Å². The van der Waals surface area contributed by atoms with Crippen molar-refractivity contribution in [3.63, 3.8) is 0 Å². The van der Waals surface area contributed by atoms with Crippen LogP contribution >= 0.6 is 11.5 Å². The lowest BCUT2D eigenvalue weighted by Gasteiger charge is -2.05. The fourth-order valence-electron chi connectivity index (χ4n) is 1.79. The zero-order valence-electron chi connectivity index (χ0n) is 10.9. The highest BCUT2D eigenvalue weighted by Crippen LogP contribution is 2.14. The molecule has 0 atom stereocenters. The lowest BCUT2D eigenvalue weighted by Crippen LogP contribution is -2.10. The van der Waals surface area contributed by atoms with Crippen molar-refractivity contribution in [2.45, 2.75) is 32.6 Å². The van der Waals surface area contributed by atoms with Crippen LogP contribution in [0.3, 0.4) is 0 Å². The van der Waals surface area contributed by atoms with E-state index in [0.29, 0.717) is 4.88 Å². The lowest BCUT2D eigenvalue weighted by atomic mass is 10.1. The van der Waals surface area contributed by atoms with E-state index in [1.165, 1.54) is 31.0 Å². The van der Waals surface area contributed by atoms with Gasteiger partial charge in [-0.1, -0.05) is 36.4 Å². The van der Waals surface area contributed by atoms with Gasteiger partial charge in [-0.3, -0.25) is 4.79 Å². The number of carbonyl (C=O) groups excluding carboxylic acids is 1. The molecule has 2 aromatic rings. The molecule has 4 nitrogen and oxygen atoms in total. The zero-order valence-corrected chi connectivity index (χ0v) is 11.7. The molecule has 1 N–H and O–H groups in total. The minimum atomic E-state index is -0.159. The minimum Gasteiger partial charge on any atom is -0.321 e. The molecule has 0 aliphatic rings. The number of aromatic nitrogens is 2. The molecular formula is C14H17N3OS. The third kappa shape index (κ3) is 4.13. The van der Waals surface area contributed by atoms with E-state index in [4.69, 9.17) is 0 Å². The van der Waals surface area contributed by atoms with Gasteiger partial charge in [-0.15, -0.1) is 5.10 Å². The maximum Gasteiger partial charge on any atom is 0.269 e. The number of rotatable bonds is 6. The normalized spacial score (nSPS) is 10.4. The van der Waals surface area contributed by atoms with E-state index in [1.54, 1.807) is 0 Å². The number of carbonyl (C=O) groups is 1. The van der Waals surface area contributed by atoms with Crippen LogP contribution in [0.15, 0.2) is 30.5 Å². The van der Waals surface area contributed by atoms with Crippen molar-refractivity contribution >= 4 is 23.1 Å². The molecule has 5 heteroatoms. The van der Waals surface area contributed by atoms with Gasteiger partial charge < -0.3 is 5.32 Å². The molecule has 19 heavy (non-hydrogen) atoms. The van der Waals surface area contributed by atoms with E-state index in [2.05, 4.69) is 34.0 Å². The summed E-state index contributed by atoms with van der Waals surface area (Å²) in [5.41, 5.74) is 2.11. The zero-order chi connectivity index (χ0) is 13.5. The first-order valence-electron chi connectivity index (χ1n) is 6.47. The maximum absolute atomic E-state index is 11.8. The average molecular weight is 275 g/mol. The summed E-state index contributed by atoms with van der Waals surface area (Å²) < 4.78 is 3.67. The molecule has 0 spiro atoms. The highest BCUT2D eigenvalue weighted by molar-refractivity contribution is 7.07. The summed E-state index contributed by atoms with van der Waals surface area (Å²) in [6.45, 7) is 2.20. The predicted octanol–water partition coefficient (Wildman–Crippen LogP) is 3.52. The Morgan fingerprint density at radius 2 is 2.05 bits per heavy atom. The number of nitrogens with one attached hydrogen (secondary N) is 1. The molecule has 0 fully saturated rings. The van der Waals surface area contributed by atoms with Crippen molar-refractivity contribution in [1.29, 1.82) is 0 Å². The quantitative estimate of drug-likeness (QED) is 0.821. The van der Waals surface area contributed by atoms with E-state index in [1.807, 2.05) is 12.1 Å². The molecule has 100 valence electrons. The molecule has 0 bridgehead atoms. The largest absolute Gasteiger partial charge is 0.321 e. The highest BCUT2D eigenvalue weighted by atomic mass is 32.1. The maximum atomic E-state index is 11.8. The van der Waals surface area contributed by atoms with Crippen LogP contribution in [0.2, 0.25) is 0 Å². The van der Waals surface area contributed by atoms with Gasteiger partial charge in [0.15, 0.2) is 0 Å². The van der Waals surface area contributed by atoms with Crippen LogP contribution < -0.4 is 5.32 Å². The Hall–Kier alpha value is -1.75. The summed E-state index contributed by atoms with van der Waals surface area (Å²) >= 11 is 1.09. The van der Waals surface area contributed by atoms with E-state index in [0.717, 1.165) is 23.6 Å². The Balaban J connectivity index is 1.90. The number of hydrogen-bond donors (Lipinski definition) is 1. The van der Waals surface area contributed by atoms with Crippen LogP contribution in [0.4, 0.5) is 5.69 Å². The first kappa shape index (κ1) is 13.7. The van der Waals surface area contributed by atoms with Gasteiger partial charge in [0.2, 0.25) is 0 Å². The second-order valence-electron chi connectivity index (χ2n) is 4.39. The molecule has 0 aliphatic heterocycles. The minimum absolute atomic E-state index is 0.159. The Morgan fingerprint density at radius 3 is 2.68 bits per heavy atom. The Bertz CT molecular complexity index is 508. The predicted molar refractivity (Wildman–Crippen MR) is 77.5 cm³/mol. The van der Waals surface area contributed by atoms with E-state index in [9.17, 15) is 4.79 Å². The molecule has 0 saturated heterocycles. The number of hydrogen-bond acceptors (Lipinski definition) is 4. The SMILES string of the molecule is CCCCCc1ccc(NC(=O)c2cnns2)cc1. The van der Waals surface area contributed by atoms with Crippen molar-refractivity contribution in [1.82, 2.24) is 9.59 Å². The summed E-state index contributed by atoms with van der Waals surface area (Å²) in [5, 5.41) is 6.48. The summed E-state index contributed by atoms with van der Waals surface area (Å²) in [6.07, 6.45) is 6.28. The molecule has 1 aromatic heterocycles. The van der Waals surface area contributed by atoms with E-state index in [-0.39, 0.29) is 5.91 Å². The van der Waals surface area contributed by atoms with Crippen LogP contribution in [0.5, 0.6) is 0 Å². The fraction of sp³-hybridized carbons (Fsp3) is 0.357. The summed E-state index contributed by atoms with van der Waals surface area (Å²) in [6, 6.07) is 8.01. The van der Waals surface area contributed by atoms with Crippen LogP contribution in [0, 0.1) is 0 Å². The molecule has 1 aromatic carbocycles. The summed E-state index contributed by atoms with van der Waals surface area (Å²) in [5.74, 6) is -0.159. The Labute approximate surface area is 117 Å². The highest BCUT2D eigenvalue weighted by Gasteiger charge is 2.08. The second kappa shape index (κ2) is 6.99. The summed E-state index contributed by atoms with van der Waals surface area (Å²) in [7, 11) is 0. The molecule has 0 unspecified atom stereocenters.